The zero-order valence-corrected chi connectivity index (χ0v) is 42.4. The van der Waals surface area contributed by atoms with E-state index in [4.69, 9.17) is 15.0 Å². The Morgan fingerprint density at radius 2 is 1.39 bits per heavy atom. The smallest absolute Gasteiger partial charge is 0.481 e. The number of benzene rings is 2. The highest BCUT2D eigenvalue weighted by Crippen LogP contribution is 2.65. The first-order valence-corrected chi connectivity index (χ1v) is 24.6. The summed E-state index contributed by atoms with van der Waals surface area (Å²) in [5, 5.41) is 34.2. The predicted molar refractivity (Wildman–Crippen MR) is 264 cm³/mol. The van der Waals surface area contributed by atoms with Gasteiger partial charge in [0.05, 0.1) is 37.2 Å². The number of aryl methyl sites for hydroxylation is 1. The predicted octanol–water partition coefficient (Wildman–Crippen LogP) is 0.737. The maximum absolute atomic E-state index is 13.6. The van der Waals surface area contributed by atoms with Crippen LogP contribution in [-0.2, 0) is 54.1 Å². The molecular formula is C50H71BN8O13. The summed E-state index contributed by atoms with van der Waals surface area (Å²) in [5.74, 6) is -7.96. The van der Waals surface area contributed by atoms with Crippen LogP contribution in [0.4, 0.5) is 0 Å². The minimum absolute atomic E-state index is 0.0909. The van der Waals surface area contributed by atoms with Crippen LogP contribution in [-0.4, -0.2) is 144 Å². The third-order valence-corrected chi connectivity index (χ3v) is 14.6. The van der Waals surface area contributed by atoms with Gasteiger partial charge in [-0.25, -0.2) is 0 Å². The standard InChI is InChI=1S/C50H71BN8O13/c1-9-10-11-30-12-14-31(15-13-30)32-16-18-33(19-17-32)45(67)58-36(26-60)47(69)54-27(2)43(65)53-25-41(62)59(8)37(20-21-42(63)64)48(70)55-28(3)44(66)57-35(24-40(52)61)46(68)56-29(4)51-71-39-23-34-22-38(49(34,5)6)50(39,7)72-51/h12-19,27-29,34-39,60H,9-11,20-26H2,1-8H3,(H2,52,61)(H,53,65)(H,54,69)(H,55,70)(H,56,68)(H,57,66)(H,58,67)(H,63,64)/t27-,28+,29+,34+,35+,36-,37+,38+,39?,50+/m1/s1. The number of carbonyl (C=O) groups is 9. The number of hydrogen-bond donors (Lipinski definition) is 9. The number of amides is 8. The number of carboxylic acid groups (broad SMARTS) is 1. The van der Waals surface area contributed by atoms with Crippen molar-refractivity contribution in [3.8, 4) is 11.1 Å². The van der Waals surface area contributed by atoms with Crippen LogP contribution in [0.3, 0.4) is 0 Å². The molecular weight excluding hydrogens is 931 g/mol. The molecule has 2 bridgehead atoms. The van der Waals surface area contributed by atoms with E-state index in [0.717, 1.165) is 48.1 Å². The zero-order chi connectivity index (χ0) is 53.2. The molecule has 10 N–H and O–H groups in total. The highest BCUT2D eigenvalue weighted by molar-refractivity contribution is 6.47. The highest BCUT2D eigenvalue weighted by atomic mass is 16.7. The second-order valence-electron chi connectivity index (χ2n) is 20.1. The molecule has 0 aromatic heterocycles. The number of carboxylic acids is 1. The lowest BCUT2D eigenvalue weighted by molar-refractivity contribution is -0.199. The van der Waals surface area contributed by atoms with E-state index in [-0.39, 0.29) is 23.0 Å². The fourth-order valence-corrected chi connectivity index (χ4v) is 9.84. The first-order valence-electron chi connectivity index (χ1n) is 24.6. The van der Waals surface area contributed by atoms with Crippen molar-refractivity contribution in [2.45, 2.75) is 148 Å². The number of aliphatic hydroxyl groups is 1. The van der Waals surface area contributed by atoms with Gasteiger partial charge >= 0.3 is 13.1 Å². The molecule has 1 unspecified atom stereocenters. The maximum atomic E-state index is 13.6. The third-order valence-electron chi connectivity index (χ3n) is 14.6. The zero-order valence-electron chi connectivity index (χ0n) is 42.4. The molecule has 0 spiro atoms. The first kappa shape index (κ1) is 56.5. The summed E-state index contributed by atoms with van der Waals surface area (Å²) >= 11 is 0. The summed E-state index contributed by atoms with van der Waals surface area (Å²) in [4.78, 5) is 117. The molecule has 392 valence electrons. The monoisotopic (exact) mass is 1000 g/mol. The van der Waals surface area contributed by atoms with Gasteiger partial charge in [-0.3, -0.25) is 43.2 Å². The lowest BCUT2D eigenvalue weighted by Gasteiger charge is -2.64. The molecule has 1 saturated heterocycles. The molecule has 4 fully saturated rings. The molecule has 72 heavy (non-hydrogen) atoms. The van der Waals surface area contributed by atoms with E-state index in [1.165, 1.54) is 26.5 Å². The largest absolute Gasteiger partial charge is 0.481 e. The maximum Gasteiger partial charge on any atom is 0.481 e. The average Bonchev–Trinajstić information content (AvgIpc) is 3.71. The number of aliphatic carboxylic acids is 1. The van der Waals surface area contributed by atoms with Crippen LogP contribution >= 0.6 is 0 Å². The van der Waals surface area contributed by atoms with Gasteiger partial charge in [-0.15, -0.1) is 0 Å². The molecule has 2 aromatic rings. The highest BCUT2D eigenvalue weighted by Gasteiger charge is 2.68. The van der Waals surface area contributed by atoms with Gasteiger partial charge in [0.2, 0.25) is 41.4 Å². The number of primary amides is 1. The molecule has 0 radical (unpaired) electrons. The van der Waals surface area contributed by atoms with E-state index in [0.29, 0.717) is 5.92 Å². The number of unbranched alkanes of at least 4 members (excludes halogenated alkanes) is 1. The van der Waals surface area contributed by atoms with Gasteiger partial charge in [0, 0.05) is 19.0 Å². The van der Waals surface area contributed by atoms with Gasteiger partial charge in [0.25, 0.3) is 5.91 Å². The number of hydrogen-bond acceptors (Lipinski definition) is 12. The van der Waals surface area contributed by atoms with E-state index in [9.17, 15) is 53.4 Å². The molecule has 2 aromatic carbocycles. The van der Waals surface area contributed by atoms with E-state index in [2.05, 4.69) is 64.8 Å². The van der Waals surface area contributed by atoms with Crippen LogP contribution in [0.25, 0.3) is 11.1 Å². The van der Waals surface area contributed by atoms with E-state index in [1.54, 1.807) is 31.2 Å². The topological polar surface area (TPSA) is 314 Å². The van der Waals surface area contributed by atoms with Gasteiger partial charge in [-0.1, -0.05) is 63.6 Å². The van der Waals surface area contributed by atoms with Gasteiger partial charge in [-0.05, 0) is 106 Å². The van der Waals surface area contributed by atoms with Crippen molar-refractivity contribution in [1.29, 1.82) is 0 Å². The Bertz CT molecular complexity index is 2330. The number of nitrogens with zero attached hydrogens (tertiary/aromatic N) is 1. The van der Waals surface area contributed by atoms with Crippen molar-refractivity contribution >= 4 is 60.3 Å². The van der Waals surface area contributed by atoms with Gasteiger partial charge in [0.15, 0.2) is 0 Å². The molecule has 6 rings (SSSR count). The molecule has 4 aliphatic rings. The second kappa shape index (κ2) is 24.4. The van der Waals surface area contributed by atoms with Crippen molar-refractivity contribution in [1.82, 2.24) is 36.8 Å². The Labute approximate surface area is 420 Å². The minimum Gasteiger partial charge on any atom is -0.481 e. The number of nitrogens with two attached hydrogens (primary N) is 1. The van der Waals surface area contributed by atoms with Crippen LogP contribution in [0.2, 0.25) is 0 Å². The van der Waals surface area contributed by atoms with Crippen molar-refractivity contribution in [2.75, 3.05) is 20.2 Å². The Morgan fingerprint density at radius 3 is 1.97 bits per heavy atom. The summed E-state index contributed by atoms with van der Waals surface area (Å²) in [6.07, 6.45) is 3.31. The number of rotatable bonds is 25. The lowest BCUT2D eigenvalue weighted by atomic mass is 9.43. The second-order valence-corrected chi connectivity index (χ2v) is 20.1. The molecule has 21 nitrogen and oxygen atoms in total. The lowest BCUT2D eigenvalue weighted by Crippen LogP contribution is -2.65. The minimum atomic E-state index is -1.47. The van der Waals surface area contributed by atoms with Gasteiger partial charge in [0.1, 0.15) is 30.2 Å². The summed E-state index contributed by atoms with van der Waals surface area (Å²) in [6, 6.07) is 7.81. The molecule has 3 saturated carbocycles. The van der Waals surface area contributed by atoms with Crippen LogP contribution < -0.4 is 37.6 Å². The molecule has 1 aliphatic heterocycles. The molecule has 22 heteroatoms. The first-order chi connectivity index (χ1) is 33.9. The van der Waals surface area contributed by atoms with Crippen molar-refractivity contribution in [3.63, 3.8) is 0 Å². The summed E-state index contributed by atoms with van der Waals surface area (Å²) in [5.41, 5.74) is 8.28. The summed E-state index contributed by atoms with van der Waals surface area (Å²) < 4.78 is 12.7. The van der Waals surface area contributed by atoms with Crippen LogP contribution in [0.15, 0.2) is 48.5 Å². The molecule has 1 heterocycles. The van der Waals surface area contributed by atoms with E-state index >= 15 is 0 Å². The Kier molecular flexibility index (Phi) is 19.1. The molecule has 3 aliphatic carbocycles. The van der Waals surface area contributed by atoms with Crippen LogP contribution in [0.1, 0.15) is 109 Å². The fraction of sp³-hybridized carbons (Fsp3) is 0.580. The Morgan fingerprint density at radius 1 is 0.792 bits per heavy atom. The molecule has 10 atom stereocenters. The number of carbonyl (C=O) groups excluding carboxylic acids is 8. The number of aliphatic hydroxyl groups excluding tert-OH is 1. The SMILES string of the molecule is CCCCc1ccc(-c2ccc(C(=O)N[C@H](CO)C(=O)N[C@H](C)C(=O)NCC(=O)N(C)[C@@H](CCC(=O)O)C(=O)N[C@@H](C)C(=O)N[C@@H](CC(N)=O)C(=O)N[C@@H](C)B3OC4C[C@@H]5C[C@@H](C5(C)C)[C@]4(C)O3)cc2)cc1. The van der Waals surface area contributed by atoms with Crippen LogP contribution in [0.5, 0.6) is 0 Å². The van der Waals surface area contributed by atoms with Crippen molar-refractivity contribution in [3.05, 3.63) is 59.7 Å². The van der Waals surface area contributed by atoms with E-state index < -0.39 is 135 Å². The molecule has 8 amide bonds. The number of nitrogens with one attached hydrogen (secondary N) is 6. The van der Waals surface area contributed by atoms with Crippen molar-refractivity contribution < 1.29 is 62.7 Å². The van der Waals surface area contributed by atoms with Gasteiger partial charge in [-0.2, -0.15) is 0 Å². The van der Waals surface area contributed by atoms with E-state index in [1.807, 2.05) is 19.1 Å². The Hall–Kier alpha value is -6.39. The van der Waals surface area contributed by atoms with Crippen LogP contribution in [0, 0.1) is 17.3 Å². The Balaban J connectivity index is 1.10. The number of likely N-dealkylation sites (N-methyl/N-ethyl adjacent to an activating group) is 1. The quantitative estimate of drug-likeness (QED) is 0.0621. The fourth-order valence-electron chi connectivity index (χ4n) is 9.84. The van der Waals surface area contributed by atoms with Gasteiger partial charge < -0.3 is 62.1 Å². The third kappa shape index (κ3) is 13.8. The average molecular weight is 1000 g/mol. The summed E-state index contributed by atoms with van der Waals surface area (Å²) in [7, 11) is 0.392. The van der Waals surface area contributed by atoms with Crippen molar-refractivity contribution in [2.24, 2.45) is 23.0 Å². The normalized spacial score (nSPS) is 21.9. The summed E-state index contributed by atoms with van der Waals surface area (Å²) in [6.45, 7) is 11.3.